The molecule has 1 unspecified atom stereocenters. The molecule has 0 aliphatic carbocycles. The highest BCUT2D eigenvalue weighted by Crippen LogP contribution is 2.23. The first kappa shape index (κ1) is 20.2. The van der Waals surface area contributed by atoms with Gasteiger partial charge >= 0.3 is 0 Å². The summed E-state index contributed by atoms with van der Waals surface area (Å²) in [5.41, 5.74) is 0.982. The lowest BCUT2D eigenvalue weighted by Gasteiger charge is -2.22. The molecule has 1 heterocycles. The van der Waals surface area contributed by atoms with Gasteiger partial charge in [0.1, 0.15) is 0 Å². The first-order valence-electron chi connectivity index (χ1n) is 8.96. The standard InChI is InChI=1S/C19H28F2O4/c20-19(21,10-13-23-16-17-6-2-1-3-7-17)9-12-22-14-15-25-18-8-4-5-11-24-18/h1-3,6-7,18H,4-5,8-16H2. The summed E-state index contributed by atoms with van der Waals surface area (Å²) >= 11 is 0. The second-order valence-corrected chi connectivity index (χ2v) is 6.17. The van der Waals surface area contributed by atoms with Crippen LogP contribution < -0.4 is 0 Å². The summed E-state index contributed by atoms with van der Waals surface area (Å²) in [6, 6.07) is 9.52. The van der Waals surface area contributed by atoms with Gasteiger partial charge in [-0.05, 0) is 24.8 Å². The fourth-order valence-corrected chi connectivity index (χ4v) is 2.52. The van der Waals surface area contributed by atoms with E-state index in [2.05, 4.69) is 0 Å². The Hall–Kier alpha value is -1.08. The molecule has 0 bridgehead atoms. The third kappa shape index (κ3) is 9.26. The van der Waals surface area contributed by atoms with Crippen molar-refractivity contribution in [3.63, 3.8) is 0 Å². The van der Waals surface area contributed by atoms with Crippen molar-refractivity contribution in [2.75, 3.05) is 33.0 Å². The number of alkyl halides is 2. The summed E-state index contributed by atoms with van der Waals surface area (Å²) in [7, 11) is 0. The molecule has 1 fully saturated rings. The van der Waals surface area contributed by atoms with Crippen LogP contribution in [0.1, 0.15) is 37.7 Å². The lowest BCUT2D eigenvalue weighted by atomic mass is 10.2. The van der Waals surface area contributed by atoms with E-state index < -0.39 is 5.92 Å². The maximum atomic E-state index is 13.7. The van der Waals surface area contributed by atoms with Crippen LogP contribution in [-0.4, -0.2) is 45.2 Å². The molecule has 2 rings (SSSR count). The van der Waals surface area contributed by atoms with Gasteiger partial charge in [0.05, 0.1) is 33.0 Å². The zero-order valence-corrected chi connectivity index (χ0v) is 14.6. The Morgan fingerprint density at radius 2 is 1.72 bits per heavy atom. The van der Waals surface area contributed by atoms with Crippen molar-refractivity contribution in [2.45, 2.75) is 50.9 Å². The molecule has 142 valence electrons. The minimum Gasteiger partial charge on any atom is -0.379 e. The average Bonchev–Trinajstić information content (AvgIpc) is 2.63. The van der Waals surface area contributed by atoms with E-state index in [0.29, 0.717) is 19.8 Å². The summed E-state index contributed by atoms with van der Waals surface area (Å²) in [6.45, 7) is 1.81. The van der Waals surface area contributed by atoms with Gasteiger partial charge in [0, 0.05) is 19.4 Å². The Balaban J connectivity index is 1.45. The van der Waals surface area contributed by atoms with Gasteiger partial charge in [-0.1, -0.05) is 30.3 Å². The Kier molecular flexibility index (Phi) is 9.32. The van der Waals surface area contributed by atoms with E-state index in [1.807, 2.05) is 30.3 Å². The van der Waals surface area contributed by atoms with E-state index in [-0.39, 0.29) is 32.3 Å². The molecule has 0 N–H and O–H groups in total. The molecule has 1 aromatic rings. The monoisotopic (exact) mass is 358 g/mol. The van der Waals surface area contributed by atoms with Crippen molar-refractivity contribution in [1.29, 1.82) is 0 Å². The Morgan fingerprint density at radius 1 is 0.960 bits per heavy atom. The van der Waals surface area contributed by atoms with Crippen LogP contribution >= 0.6 is 0 Å². The van der Waals surface area contributed by atoms with Crippen molar-refractivity contribution in [2.24, 2.45) is 0 Å². The van der Waals surface area contributed by atoms with Crippen LogP contribution in [0.15, 0.2) is 30.3 Å². The van der Waals surface area contributed by atoms with Crippen molar-refractivity contribution < 1.29 is 27.7 Å². The number of hydrogen-bond donors (Lipinski definition) is 0. The fraction of sp³-hybridized carbons (Fsp3) is 0.684. The van der Waals surface area contributed by atoms with Gasteiger partial charge in [-0.2, -0.15) is 0 Å². The van der Waals surface area contributed by atoms with Gasteiger partial charge in [-0.15, -0.1) is 0 Å². The highest BCUT2D eigenvalue weighted by atomic mass is 19.3. The topological polar surface area (TPSA) is 36.9 Å². The molecular weight excluding hydrogens is 330 g/mol. The van der Waals surface area contributed by atoms with Crippen molar-refractivity contribution >= 4 is 0 Å². The third-order valence-corrected chi connectivity index (χ3v) is 4.01. The van der Waals surface area contributed by atoms with Crippen LogP contribution in [0, 0.1) is 0 Å². The van der Waals surface area contributed by atoms with Crippen LogP contribution in [0.4, 0.5) is 8.78 Å². The summed E-state index contributed by atoms with van der Waals surface area (Å²) < 4.78 is 48.9. The lowest BCUT2D eigenvalue weighted by Crippen LogP contribution is -2.25. The second kappa shape index (κ2) is 11.5. The van der Waals surface area contributed by atoms with Crippen molar-refractivity contribution in [1.82, 2.24) is 0 Å². The molecular formula is C19H28F2O4. The predicted octanol–water partition coefficient (Wildman–Crippen LogP) is 4.18. The van der Waals surface area contributed by atoms with Crippen LogP contribution in [0.2, 0.25) is 0 Å². The molecule has 6 heteroatoms. The van der Waals surface area contributed by atoms with Gasteiger partial charge in [0.25, 0.3) is 5.92 Å². The van der Waals surface area contributed by atoms with E-state index >= 15 is 0 Å². The van der Waals surface area contributed by atoms with Crippen LogP contribution in [0.5, 0.6) is 0 Å². The van der Waals surface area contributed by atoms with E-state index in [9.17, 15) is 8.78 Å². The van der Waals surface area contributed by atoms with Gasteiger partial charge in [-0.25, -0.2) is 8.78 Å². The van der Waals surface area contributed by atoms with E-state index in [4.69, 9.17) is 18.9 Å². The summed E-state index contributed by atoms with van der Waals surface area (Å²) in [5.74, 6) is -2.77. The highest BCUT2D eigenvalue weighted by Gasteiger charge is 2.28. The molecule has 1 aliphatic rings. The Bertz CT molecular complexity index is 450. The van der Waals surface area contributed by atoms with E-state index in [1.165, 1.54) is 0 Å². The molecule has 0 saturated carbocycles. The average molecular weight is 358 g/mol. The molecule has 0 spiro atoms. The molecule has 0 radical (unpaired) electrons. The quantitative estimate of drug-likeness (QED) is 0.525. The summed E-state index contributed by atoms with van der Waals surface area (Å²) in [6.07, 6.45) is 2.30. The number of rotatable bonds is 12. The van der Waals surface area contributed by atoms with Crippen molar-refractivity contribution in [3.05, 3.63) is 35.9 Å². The molecule has 1 aliphatic heterocycles. The third-order valence-electron chi connectivity index (χ3n) is 4.01. The minimum atomic E-state index is -2.77. The highest BCUT2D eigenvalue weighted by molar-refractivity contribution is 5.13. The van der Waals surface area contributed by atoms with Crippen LogP contribution in [-0.2, 0) is 25.6 Å². The smallest absolute Gasteiger partial charge is 0.252 e. The zero-order valence-electron chi connectivity index (χ0n) is 14.6. The van der Waals surface area contributed by atoms with Gasteiger partial charge in [0.15, 0.2) is 6.29 Å². The zero-order chi connectivity index (χ0) is 17.8. The Morgan fingerprint density at radius 3 is 2.44 bits per heavy atom. The summed E-state index contributed by atoms with van der Waals surface area (Å²) in [4.78, 5) is 0. The fourth-order valence-electron chi connectivity index (χ4n) is 2.52. The molecule has 1 saturated heterocycles. The summed E-state index contributed by atoms with van der Waals surface area (Å²) in [5, 5.41) is 0. The number of halogens is 2. The minimum absolute atomic E-state index is 0.0145. The van der Waals surface area contributed by atoms with Crippen LogP contribution in [0.25, 0.3) is 0 Å². The van der Waals surface area contributed by atoms with E-state index in [0.717, 1.165) is 31.4 Å². The van der Waals surface area contributed by atoms with Gasteiger partial charge in [0.2, 0.25) is 0 Å². The largest absolute Gasteiger partial charge is 0.379 e. The number of benzene rings is 1. The van der Waals surface area contributed by atoms with Gasteiger partial charge in [-0.3, -0.25) is 0 Å². The first-order chi connectivity index (χ1) is 12.2. The normalized spacial score (nSPS) is 18.4. The molecule has 4 nitrogen and oxygen atoms in total. The molecule has 1 atom stereocenters. The molecule has 0 amide bonds. The van der Waals surface area contributed by atoms with Crippen molar-refractivity contribution in [3.8, 4) is 0 Å². The molecule has 25 heavy (non-hydrogen) atoms. The number of hydrogen-bond acceptors (Lipinski definition) is 4. The lowest BCUT2D eigenvalue weighted by molar-refractivity contribution is -0.170. The maximum Gasteiger partial charge on any atom is 0.252 e. The first-order valence-corrected chi connectivity index (χ1v) is 8.96. The molecule has 0 aromatic heterocycles. The number of ether oxygens (including phenoxy) is 4. The molecule has 1 aromatic carbocycles. The predicted molar refractivity (Wildman–Crippen MR) is 90.6 cm³/mol. The Labute approximate surface area is 148 Å². The maximum absolute atomic E-state index is 13.7. The SMILES string of the molecule is FC(F)(CCOCCOC1CCCCO1)CCOCc1ccccc1. The van der Waals surface area contributed by atoms with Crippen LogP contribution in [0.3, 0.4) is 0 Å². The van der Waals surface area contributed by atoms with Gasteiger partial charge < -0.3 is 18.9 Å². The van der Waals surface area contributed by atoms with E-state index in [1.54, 1.807) is 0 Å². The second-order valence-electron chi connectivity index (χ2n) is 6.17.